The zero-order valence-electron chi connectivity index (χ0n) is 12.0. The summed E-state index contributed by atoms with van der Waals surface area (Å²) in [4.78, 5) is 12.3. The fourth-order valence-corrected chi connectivity index (χ4v) is 2.93. The number of halogens is 1. The fourth-order valence-electron chi connectivity index (χ4n) is 2.81. The second-order valence-corrected chi connectivity index (χ2v) is 6.29. The monoisotopic (exact) mass is 309 g/mol. The highest BCUT2D eigenvalue weighted by atomic mass is 35.5. The molecule has 5 heteroatoms. The number of rotatable bonds is 4. The molecule has 1 aliphatic heterocycles. The molecule has 0 bridgehead atoms. The first-order valence-electron chi connectivity index (χ1n) is 7.40. The molecular formula is C16H20ClNO3. The average Bonchev–Trinajstić information content (AvgIpc) is 3.23. The van der Waals surface area contributed by atoms with E-state index in [-0.39, 0.29) is 11.9 Å². The SMILES string of the molecule is CC1CC1C(NC(=O)C1COCCO1)c1ccc(Cl)cc1. The van der Waals surface area contributed by atoms with Crippen LogP contribution in [0, 0.1) is 11.8 Å². The maximum absolute atomic E-state index is 12.3. The van der Waals surface area contributed by atoms with Crippen molar-refractivity contribution in [3.8, 4) is 0 Å². The molecule has 1 heterocycles. The number of carbonyl (C=O) groups excluding carboxylic acids is 1. The van der Waals surface area contributed by atoms with Gasteiger partial charge < -0.3 is 14.8 Å². The maximum atomic E-state index is 12.3. The summed E-state index contributed by atoms with van der Waals surface area (Å²) < 4.78 is 10.8. The Morgan fingerprint density at radius 2 is 2.05 bits per heavy atom. The second-order valence-electron chi connectivity index (χ2n) is 5.85. The summed E-state index contributed by atoms with van der Waals surface area (Å²) in [5.74, 6) is 1.03. The van der Waals surface area contributed by atoms with Gasteiger partial charge in [-0.2, -0.15) is 0 Å². The van der Waals surface area contributed by atoms with E-state index in [0.29, 0.717) is 36.7 Å². The first-order chi connectivity index (χ1) is 10.1. The van der Waals surface area contributed by atoms with Gasteiger partial charge >= 0.3 is 0 Å². The van der Waals surface area contributed by atoms with Crippen LogP contribution in [0.25, 0.3) is 0 Å². The Balaban J connectivity index is 1.70. The molecule has 1 aromatic rings. The summed E-state index contributed by atoms with van der Waals surface area (Å²) in [7, 11) is 0. The number of hydrogen-bond donors (Lipinski definition) is 1. The highest BCUT2D eigenvalue weighted by Crippen LogP contribution is 2.47. The van der Waals surface area contributed by atoms with Crippen molar-refractivity contribution < 1.29 is 14.3 Å². The number of ether oxygens (including phenoxy) is 2. The van der Waals surface area contributed by atoms with Crippen molar-refractivity contribution in [3.63, 3.8) is 0 Å². The van der Waals surface area contributed by atoms with Crippen molar-refractivity contribution >= 4 is 17.5 Å². The third kappa shape index (κ3) is 3.57. The van der Waals surface area contributed by atoms with Crippen molar-refractivity contribution in [2.45, 2.75) is 25.5 Å². The van der Waals surface area contributed by atoms with E-state index < -0.39 is 6.10 Å². The topological polar surface area (TPSA) is 47.6 Å². The molecule has 1 aromatic carbocycles. The molecule has 4 nitrogen and oxygen atoms in total. The Hall–Kier alpha value is -1.10. The van der Waals surface area contributed by atoms with Gasteiger partial charge in [0.15, 0.2) is 6.10 Å². The van der Waals surface area contributed by atoms with E-state index in [0.717, 1.165) is 12.0 Å². The van der Waals surface area contributed by atoms with E-state index in [1.165, 1.54) is 0 Å². The molecule has 2 fully saturated rings. The van der Waals surface area contributed by atoms with E-state index >= 15 is 0 Å². The van der Waals surface area contributed by atoms with Crippen LogP contribution in [-0.4, -0.2) is 31.8 Å². The summed E-state index contributed by atoms with van der Waals surface area (Å²) in [5.41, 5.74) is 1.10. The van der Waals surface area contributed by atoms with E-state index in [1.54, 1.807) is 0 Å². The quantitative estimate of drug-likeness (QED) is 0.930. The molecule has 1 saturated carbocycles. The molecule has 1 saturated heterocycles. The van der Waals surface area contributed by atoms with Crippen LogP contribution in [0.15, 0.2) is 24.3 Å². The minimum atomic E-state index is -0.498. The Morgan fingerprint density at radius 1 is 1.33 bits per heavy atom. The van der Waals surface area contributed by atoms with Gasteiger partial charge in [0, 0.05) is 5.02 Å². The van der Waals surface area contributed by atoms with E-state index in [2.05, 4.69) is 12.2 Å². The summed E-state index contributed by atoms with van der Waals surface area (Å²) in [5, 5.41) is 3.83. The van der Waals surface area contributed by atoms with Gasteiger partial charge in [0.1, 0.15) is 0 Å². The van der Waals surface area contributed by atoms with Crippen LogP contribution in [0.4, 0.5) is 0 Å². The van der Waals surface area contributed by atoms with Crippen molar-refractivity contribution in [3.05, 3.63) is 34.9 Å². The summed E-state index contributed by atoms with van der Waals surface area (Å²) >= 11 is 5.94. The van der Waals surface area contributed by atoms with Gasteiger partial charge in [-0.25, -0.2) is 0 Å². The molecule has 0 spiro atoms. The van der Waals surface area contributed by atoms with E-state index in [1.807, 2.05) is 24.3 Å². The number of nitrogens with one attached hydrogen (secondary N) is 1. The van der Waals surface area contributed by atoms with Gasteiger partial charge in [0.05, 0.1) is 25.9 Å². The zero-order valence-corrected chi connectivity index (χ0v) is 12.8. The van der Waals surface area contributed by atoms with Crippen molar-refractivity contribution in [2.75, 3.05) is 19.8 Å². The van der Waals surface area contributed by atoms with Gasteiger partial charge in [-0.05, 0) is 36.0 Å². The van der Waals surface area contributed by atoms with Gasteiger partial charge in [-0.3, -0.25) is 4.79 Å². The minimum absolute atomic E-state index is 0.0234. The molecule has 1 aliphatic carbocycles. The van der Waals surface area contributed by atoms with Crippen LogP contribution in [0.1, 0.15) is 24.9 Å². The highest BCUT2D eigenvalue weighted by molar-refractivity contribution is 6.30. The van der Waals surface area contributed by atoms with Crippen LogP contribution in [0.3, 0.4) is 0 Å². The lowest BCUT2D eigenvalue weighted by atomic mass is 10.0. The van der Waals surface area contributed by atoms with Crippen molar-refractivity contribution in [2.24, 2.45) is 11.8 Å². The minimum Gasteiger partial charge on any atom is -0.376 e. The molecule has 4 unspecified atom stereocenters. The number of hydrogen-bond acceptors (Lipinski definition) is 3. The standard InChI is InChI=1S/C16H20ClNO3/c1-10-8-13(10)15(11-2-4-12(17)5-3-11)18-16(19)14-9-20-6-7-21-14/h2-5,10,13-15H,6-9H2,1H3,(H,18,19). The molecule has 0 radical (unpaired) electrons. The lowest BCUT2D eigenvalue weighted by Gasteiger charge is -2.26. The van der Waals surface area contributed by atoms with E-state index in [9.17, 15) is 4.79 Å². The zero-order chi connectivity index (χ0) is 14.8. The summed E-state index contributed by atoms with van der Waals surface area (Å²) in [6, 6.07) is 7.72. The number of benzene rings is 1. The third-order valence-corrected chi connectivity index (χ3v) is 4.49. The molecule has 114 valence electrons. The van der Waals surface area contributed by atoms with Crippen molar-refractivity contribution in [1.82, 2.24) is 5.32 Å². The van der Waals surface area contributed by atoms with Crippen LogP contribution in [0.5, 0.6) is 0 Å². The summed E-state index contributed by atoms with van der Waals surface area (Å²) in [6.45, 7) is 3.58. The molecule has 0 aromatic heterocycles. The highest BCUT2D eigenvalue weighted by Gasteiger charge is 2.41. The average molecular weight is 310 g/mol. The molecule has 1 N–H and O–H groups in total. The second kappa shape index (κ2) is 6.34. The predicted octanol–water partition coefficient (Wildman–Crippen LogP) is 2.57. The van der Waals surface area contributed by atoms with E-state index in [4.69, 9.17) is 21.1 Å². The summed E-state index contributed by atoms with van der Waals surface area (Å²) in [6.07, 6.45) is 0.637. The van der Waals surface area contributed by atoms with Gasteiger partial charge in [-0.15, -0.1) is 0 Å². The first-order valence-corrected chi connectivity index (χ1v) is 7.78. The maximum Gasteiger partial charge on any atom is 0.252 e. The molecular weight excluding hydrogens is 290 g/mol. The third-order valence-electron chi connectivity index (χ3n) is 4.24. The molecule has 3 rings (SSSR count). The Kier molecular flexibility index (Phi) is 4.48. The first kappa shape index (κ1) is 14.8. The molecule has 21 heavy (non-hydrogen) atoms. The van der Waals surface area contributed by atoms with Crippen LogP contribution >= 0.6 is 11.6 Å². The molecule has 2 aliphatic rings. The van der Waals surface area contributed by atoms with Crippen molar-refractivity contribution in [1.29, 1.82) is 0 Å². The number of amides is 1. The predicted molar refractivity (Wildman–Crippen MR) is 80.2 cm³/mol. The van der Waals surface area contributed by atoms with Gasteiger partial charge in [-0.1, -0.05) is 30.7 Å². The Morgan fingerprint density at radius 3 is 2.62 bits per heavy atom. The van der Waals surface area contributed by atoms with Gasteiger partial charge in [0.2, 0.25) is 0 Å². The largest absolute Gasteiger partial charge is 0.376 e. The number of carbonyl (C=O) groups is 1. The lowest BCUT2D eigenvalue weighted by molar-refractivity contribution is -0.148. The molecule has 4 atom stereocenters. The van der Waals surface area contributed by atoms with Crippen LogP contribution < -0.4 is 5.32 Å². The Bertz CT molecular complexity index is 499. The normalized spacial score (nSPS) is 29.7. The van der Waals surface area contributed by atoms with Crippen LogP contribution in [0.2, 0.25) is 5.02 Å². The lowest BCUT2D eigenvalue weighted by Crippen LogP contribution is -2.44. The smallest absolute Gasteiger partial charge is 0.252 e. The Labute approximate surface area is 129 Å². The van der Waals surface area contributed by atoms with Crippen LogP contribution in [-0.2, 0) is 14.3 Å². The van der Waals surface area contributed by atoms with Gasteiger partial charge in [0.25, 0.3) is 5.91 Å². The molecule has 1 amide bonds. The fraction of sp³-hybridized carbons (Fsp3) is 0.562.